The number of fused-ring (bicyclic) bond motifs is 2. The maximum Gasteiger partial charge on any atom is 0.249 e. The van der Waals surface area contributed by atoms with Crippen molar-refractivity contribution in [3.05, 3.63) is 72.3 Å². The zero-order chi connectivity index (χ0) is 15.6. The zero-order valence-corrected chi connectivity index (χ0v) is 12.3. The summed E-state index contributed by atoms with van der Waals surface area (Å²) in [7, 11) is 0. The number of amides is 1. The van der Waals surface area contributed by atoms with Crippen LogP contribution >= 0.6 is 0 Å². The van der Waals surface area contributed by atoms with E-state index in [1.54, 1.807) is 0 Å². The van der Waals surface area contributed by atoms with Crippen molar-refractivity contribution in [1.82, 2.24) is 0 Å². The van der Waals surface area contributed by atoms with Crippen molar-refractivity contribution in [2.24, 2.45) is 5.73 Å². The van der Waals surface area contributed by atoms with Crippen LogP contribution in [0.15, 0.2) is 66.7 Å². The van der Waals surface area contributed by atoms with Crippen LogP contribution in [0.4, 0.5) is 0 Å². The third-order valence-electron chi connectivity index (χ3n) is 4.79. The van der Waals surface area contributed by atoms with Crippen LogP contribution in [-0.2, 0) is 0 Å². The smallest absolute Gasteiger partial charge is 0.249 e. The molecule has 2 N–H and O–H groups in total. The first kappa shape index (κ1) is 12.4. The molecular formula is C21H13NO. The fourth-order valence-corrected chi connectivity index (χ4v) is 3.86. The Hall–Kier alpha value is -3.13. The van der Waals surface area contributed by atoms with Crippen molar-refractivity contribution in [2.75, 3.05) is 0 Å². The van der Waals surface area contributed by atoms with Crippen molar-refractivity contribution >= 4 is 49.0 Å². The first-order valence-electron chi connectivity index (χ1n) is 7.64. The van der Waals surface area contributed by atoms with Crippen LogP contribution in [-0.4, -0.2) is 5.91 Å². The van der Waals surface area contributed by atoms with Gasteiger partial charge in [0.2, 0.25) is 5.91 Å². The molecule has 0 aliphatic heterocycles. The summed E-state index contributed by atoms with van der Waals surface area (Å²) in [4.78, 5) is 11.8. The lowest BCUT2D eigenvalue weighted by atomic mass is 9.88. The third-order valence-corrected chi connectivity index (χ3v) is 4.79. The molecule has 0 radical (unpaired) electrons. The number of hydrogen-bond acceptors (Lipinski definition) is 1. The molecule has 5 aromatic carbocycles. The number of nitrogens with two attached hydrogens (primary N) is 1. The Labute approximate surface area is 132 Å². The van der Waals surface area contributed by atoms with Gasteiger partial charge in [-0.15, -0.1) is 0 Å². The summed E-state index contributed by atoms with van der Waals surface area (Å²) in [5.74, 6) is -0.384. The number of benzene rings is 5. The minimum absolute atomic E-state index is 0.384. The molecule has 0 bridgehead atoms. The Morgan fingerprint density at radius 2 is 1.13 bits per heavy atom. The van der Waals surface area contributed by atoms with Gasteiger partial charge in [-0.3, -0.25) is 4.79 Å². The second kappa shape index (κ2) is 4.20. The van der Waals surface area contributed by atoms with Crippen LogP contribution in [0, 0.1) is 0 Å². The van der Waals surface area contributed by atoms with Gasteiger partial charge < -0.3 is 5.73 Å². The van der Waals surface area contributed by atoms with Gasteiger partial charge >= 0.3 is 0 Å². The van der Waals surface area contributed by atoms with E-state index in [0.29, 0.717) is 5.56 Å². The lowest BCUT2D eigenvalue weighted by molar-refractivity contribution is 0.100. The Morgan fingerprint density at radius 1 is 0.609 bits per heavy atom. The maximum absolute atomic E-state index is 11.8. The Bertz CT molecular complexity index is 1190. The molecule has 0 spiro atoms. The highest BCUT2D eigenvalue weighted by Crippen LogP contribution is 2.40. The number of primary amides is 1. The fourth-order valence-electron chi connectivity index (χ4n) is 3.86. The van der Waals surface area contributed by atoms with Crippen LogP contribution in [0.3, 0.4) is 0 Å². The molecule has 0 aromatic heterocycles. The average Bonchev–Trinajstić information content (AvgIpc) is 2.58. The Kier molecular flexibility index (Phi) is 2.27. The molecule has 0 saturated carbocycles. The average molecular weight is 295 g/mol. The Morgan fingerprint density at radius 3 is 1.78 bits per heavy atom. The number of carbonyl (C=O) groups excluding carboxylic acids is 1. The normalized spacial score (nSPS) is 11.8. The van der Waals surface area contributed by atoms with Crippen LogP contribution in [0.2, 0.25) is 0 Å². The van der Waals surface area contributed by atoms with Gasteiger partial charge in [0.1, 0.15) is 0 Å². The van der Waals surface area contributed by atoms with Crippen molar-refractivity contribution in [2.45, 2.75) is 0 Å². The monoisotopic (exact) mass is 295 g/mol. The Balaban J connectivity index is 2.21. The summed E-state index contributed by atoms with van der Waals surface area (Å²) < 4.78 is 0. The lowest BCUT2D eigenvalue weighted by Gasteiger charge is -2.15. The molecule has 1 amide bonds. The van der Waals surface area contributed by atoms with Gasteiger partial charge in [-0.1, -0.05) is 60.7 Å². The van der Waals surface area contributed by atoms with Gasteiger partial charge in [0.05, 0.1) is 0 Å². The number of rotatable bonds is 1. The van der Waals surface area contributed by atoms with E-state index in [4.69, 9.17) is 5.73 Å². The molecule has 0 aliphatic rings. The molecule has 2 nitrogen and oxygen atoms in total. The molecule has 0 fully saturated rings. The van der Waals surface area contributed by atoms with Crippen molar-refractivity contribution < 1.29 is 4.79 Å². The van der Waals surface area contributed by atoms with Gasteiger partial charge in [0.25, 0.3) is 0 Å². The summed E-state index contributed by atoms with van der Waals surface area (Å²) in [6.45, 7) is 0. The predicted octanol–water partition coefficient (Wildman–Crippen LogP) is 4.84. The van der Waals surface area contributed by atoms with Crippen molar-refractivity contribution in [3.63, 3.8) is 0 Å². The number of hydrogen-bond donors (Lipinski definition) is 1. The van der Waals surface area contributed by atoms with Gasteiger partial charge in [-0.25, -0.2) is 0 Å². The highest BCUT2D eigenvalue weighted by Gasteiger charge is 2.15. The second-order valence-electron chi connectivity index (χ2n) is 5.96. The van der Waals surface area contributed by atoms with Crippen LogP contribution < -0.4 is 5.73 Å². The summed E-state index contributed by atoms with van der Waals surface area (Å²) in [6, 6.07) is 22.7. The molecule has 23 heavy (non-hydrogen) atoms. The van der Waals surface area contributed by atoms with E-state index >= 15 is 0 Å². The van der Waals surface area contributed by atoms with Gasteiger partial charge in [-0.05, 0) is 49.2 Å². The topological polar surface area (TPSA) is 43.1 Å². The van der Waals surface area contributed by atoms with Gasteiger partial charge in [-0.2, -0.15) is 0 Å². The van der Waals surface area contributed by atoms with E-state index in [0.717, 1.165) is 10.8 Å². The SMILES string of the molecule is NC(=O)c1ccc2c3cccc4cccc(c5cccc1c52)c43. The zero-order valence-electron chi connectivity index (χ0n) is 12.3. The van der Waals surface area contributed by atoms with E-state index in [1.165, 1.54) is 32.3 Å². The molecule has 0 unspecified atom stereocenters. The fraction of sp³-hybridized carbons (Fsp3) is 0. The first-order chi connectivity index (χ1) is 11.3. The van der Waals surface area contributed by atoms with Crippen LogP contribution in [0.5, 0.6) is 0 Å². The molecule has 0 atom stereocenters. The van der Waals surface area contributed by atoms with E-state index in [9.17, 15) is 4.79 Å². The lowest BCUT2D eigenvalue weighted by Crippen LogP contribution is -2.11. The van der Waals surface area contributed by atoms with Gasteiger partial charge in [0, 0.05) is 5.56 Å². The quantitative estimate of drug-likeness (QED) is 0.349. The summed E-state index contributed by atoms with van der Waals surface area (Å²) in [5.41, 5.74) is 6.15. The van der Waals surface area contributed by atoms with Crippen LogP contribution in [0.1, 0.15) is 10.4 Å². The summed E-state index contributed by atoms with van der Waals surface area (Å²) in [6.07, 6.45) is 0. The van der Waals surface area contributed by atoms with Gasteiger partial charge in [0.15, 0.2) is 0 Å². The minimum Gasteiger partial charge on any atom is -0.366 e. The van der Waals surface area contributed by atoms with E-state index in [1.807, 2.05) is 24.3 Å². The molecular weight excluding hydrogens is 282 g/mol. The maximum atomic E-state index is 11.8. The molecule has 0 saturated heterocycles. The van der Waals surface area contributed by atoms with E-state index in [-0.39, 0.29) is 5.91 Å². The highest BCUT2D eigenvalue weighted by molar-refractivity contribution is 6.34. The standard InChI is InChI=1S/C21H13NO/c22-21(23)18-11-10-17-14-7-2-5-12-4-1-6-13(19(12)14)15-8-3-9-16(18)20(15)17/h1-11H,(H2,22,23). The second-order valence-corrected chi connectivity index (χ2v) is 5.96. The number of carbonyl (C=O) groups is 1. The van der Waals surface area contributed by atoms with E-state index in [2.05, 4.69) is 42.5 Å². The summed E-state index contributed by atoms with van der Waals surface area (Å²) >= 11 is 0. The first-order valence-corrected chi connectivity index (χ1v) is 7.64. The molecule has 2 heteroatoms. The van der Waals surface area contributed by atoms with Crippen LogP contribution in [0.25, 0.3) is 43.1 Å². The largest absolute Gasteiger partial charge is 0.366 e. The highest BCUT2D eigenvalue weighted by atomic mass is 16.1. The molecule has 0 aliphatic carbocycles. The molecule has 108 valence electrons. The molecule has 0 heterocycles. The van der Waals surface area contributed by atoms with Crippen molar-refractivity contribution in [1.29, 1.82) is 0 Å². The molecule has 5 aromatic rings. The minimum atomic E-state index is -0.384. The van der Waals surface area contributed by atoms with E-state index < -0.39 is 0 Å². The third kappa shape index (κ3) is 1.50. The summed E-state index contributed by atoms with van der Waals surface area (Å²) in [5, 5.41) is 9.35. The van der Waals surface area contributed by atoms with Crippen molar-refractivity contribution in [3.8, 4) is 0 Å². The predicted molar refractivity (Wildman–Crippen MR) is 96.2 cm³/mol. The molecule has 5 rings (SSSR count).